The van der Waals surface area contributed by atoms with Gasteiger partial charge in [0.05, 0.1) is 0 Å². The molecule has 0 saturated carbocycles. The molecule has 0 heterocycles. The second-order valence-electron chi connectivity index (χ2n) is 1.13. The van der Waals surface area contributed by atoms with Crippen LogP contribution in [0.3, 0.4) is 0 Å². The second kappa shape index (κ2) is 3.01. The molecule has 0 spiro atoms. The molecule has 0 aromatic heterocycles. The number of carboxylic acids is 1. The molecule has 0 aliphatic carbocycles. The minimum Gasteiger partial charge on any atom is -0.480 e. The quantitative estimate of drug-likeness (QED) is 0.546. The largest absolute Gasteiger partial charge is 0.480 e. The van der Waals surface area contributed by atoms with Gasteiger partial charge < -0.3 is 5.11 Å². The lowest BCUT2D eigenvalue weighted by Crippen LogP contribution is -2.15. The van der Waals surface area contributed by atoms with Crippen LogP contribution >= 0.6 is 0 Å². The van der Waals surface area contributed by atoms with E-state index in [0.29, 0.717) is 0 Å². The smallest absolute Gasteiger partial charge is 0.326 e. The minimum atomic E-state index is -1.22. The van der Waals surface area contributed by atoms with Crippen LogP contribution < -0.4 is 0 Å². The highest BCUT2D eigenvalue weighted by Gasteiger charge is 1.99. The molecule has 1 N–H and O–H groups in total. The lowest BCUT2D eigenvalue weighted by molar-refractivity contribution is -0.140. The van der Waals surface area contributed by atoms with Gasteiger partial charge in [-0.15, -0.1) is 4.48 Å². The van der Waals surface area contributed by atoms with E-state index in [1.807, 2.05) is 0 Å². The first-order chi connectivity index (χ1) is 3.66. The molecule has 0 aromatic rings. The number of nitrogens with zero attached hydrogens (tertiary/aromatic N) is 1. The Hall–Kier alpha value is -1.06. The SMILES string of the molecule is C=CN(F)CC(=O)O. The number of carboxylic acid groups (broad SMARTS) is 1. The standard InChI is InChI=1S/C4H6FNO2/c1-2-6(5)3-4(7)8/h2H,1,3H2,(H,7,8). The monoisotopic (exact) mass is 119 g/mol. The maximum atomic E-state index is 11.7. The highest BCUT2D eigenvalue weighted by atomic mass is 19.2. The summed E-state index contributed by atoms with van der Waals surface area (Å²) in [6, 6.07) is 0. The summed E-state index contributed by atoms with van der Waals surface area (Å²) in [6.45, 7) is 2.35. The van der Waals surface area contributed by atoms with Crippen molar-refractivity contribution in [2.75, 3.05) is 6.54 Å². The molecule has 0 unspecified atom stereocenters. The Morgan fingerprint density at radius 3 is 2.62 bits per heavy atom. The molecule has 0 rings (SSSR count). The van der Waals surface area contributed by atoms with Crippen LogP contribution in [0.4, 0.5) is 4.48 Å². The molecule has 0 aromatic carbocycles. The molecule has 0 saturated heterocycles. The van der Waals surface area contributed by atoms with Crippen LogP contribution in [0.1, 0.15) is 0 Å². The Morgan fingerprint density at radius 1 is 2.00 bits per heavy atom. The summed E-state index contributed by atoms with van der Waals surface area (Å²) >= 11 is 0. The Kier molecular flexibility index (Phi) is 2.61. The van der Waals surface area contributed by atoms with Crippen molar-refractivity contribution < 1.29 is 14.4 Å². The predicted octanol–water partition coefficient (Wildman–Crippen LogP) is 0.401. The zero-order valence-electron chi connectivity index (χ0n) is 4.17. The van der Waals surface area contributed by atoms with Crippen LogP contribution in [-0.2, 0) is 4.79 Å². The maximum Gasteiger partial charge on any atom is 0.326 e. The number of carbonyl (C=O) groups is 1. The van der Waals surface area contributed by atoms with Crippen LogP contribution in [0.5, 0.6) is 0 Å². The molecular formula is C4H6FNO2. The molecule has 0 bridgehead atoms. The summed E-state index contributed by atoms with van der Waals surface area (Å²) in [6.07, 6.45) is 0.800. The van der Waals surface area contributed by atoms with Gasteiger partial charge in [-0.3, -0.25) is 4.79 Å². The second-order valence-corrected chi connectivity index (χ2v) is 1.13. The first kappa shape index (κ1) is 6.94. The van der Waals surface area contributed by atoms with Crippen molar-refractivity contribution in [1.82, 2.24) is 5.12 Å². The van der Waals surface area contributed by atoms with E-state index >= 15 is 0 Å². The van der Waals surface area contributed by atoms with Crippen molar-refractivity contribution in [3.8, 4) is 0 Å². The number of hydrogen-bond acceptors (Lipinski definition) is 2. The van der Waals surface area contributed by atoms with Gasteiger partial charge in [-0.1, -0.05) is 6.58 Å². The zero-order chi connectivity index (χ0) is 6.57. The van der Waals surface area contributed by atoms with E-state index < -0.39 is 12.5 Å². The Morgan fingerprint density at radius 2 is 2.50 bits per heavy atom. The summed E-state index contributed by atoms with van der Waals surface area (Å²) in [4.78, 5) is 9.64. The summed E-state index contributed by atoms with van der Waals surface area (Å²) in [7, 11) is 0. The van der Waals surface area contributed by atoms with E-state index in [4.69, 9.17) is 5.11 Å². The van der Waals surface area contributed by atoms with Crippen LogP contribution in [0.25, 0.3) is 0 Å². The molecule has 8 heavy (non-hydrogen) atoms. The van der Waals surface area contributed by atoms with Crippen LogP contribution in [0.2, 0.25) is 0 Å². The molecule has 0 aliphatic heterocycles. The van der Waals surface area contributed by atoms with E-state index in [2.05, 4.69) is 6.58 Å². The van der Waals surface area contributed by atoms with Gasteiger partial charge in [-0.2, -0.15) is 0 Å². The number of aliphatic carboxylic acids is 1. The van der Waals surface area contributed by atoms with Gasteiger partial charge in [0.2, 0.25) is 0 Å². The summed E-state index contributed by atoms with van der Waals surface area (Å²) < 4.78 is 11.7. The fraction of sp³-hybridized carbons (Fsp3) is 0.250. The topological polar surface area (TPSA) is 40.5 Å². The average Bonchev–Trinajstić information content (AvgIpc) is 1.65. The summed E-state index contributed by atoms with van der Waals surface area (Å²) in [5.74, 6) is -1.22. The Labute approximate surface area is 46.0 Å². The molecule has 0 aliphatic rings. The van der Waals surface area contributed by atoms with E-state index in [1.165, 1.54) is 0 Å². The zero-order valence-corrected chi connectivity index (χ0v) is 4.17. The lowest BCUT2D eigenvalue weighted by Gasteiger charge is -2.00. The van der Waals surface area contributed by atoms with Crippen molar-refractivity contribution in [2.45, 2.75) is 0 Å². The van der Waals surface area contributed by atoms with E-state index in [9.17, 15) is 9.28 Å². The molecule has 0 atom stereocenters. The number of rotatable bonds is 3. The number of hydrogen-bond donors (Lipinski definition) is 1. The van der Waals surface area contributed by atoms with Crippen molar-refractivity contribution in [3.63, 3.8) is 0 Å². The van der Waals surface area contributed by atoms with Crippen LogP contribution in [-0.4, -0.2) is 22.7 Å². The summed E-state index contributed by atoms with van der Waals surface area (Å²) in [5, 5.41) is 7.87. The normalized spacial score (nSPS) is 8.12. The van der Waals surface area contributed by atoms with Crippen molar-refractivity contribution in [2.24, 2.45) is 0 Å². The molecule has 46 valence electrons. The van der Waals surface area contributed by atoms with Gasteiger partial charge in [-0.05, 0) is 0 Å². The van der Waals surface area contributed by atoms with E-state index in [-0.39, 0.29) is 5.12 Å². The van der Waals surface area contributed by atoms with E-state index in [1.54, 1.807) is 0 Å². The molecule has 4 heteroatoms. The van der Waals surface area contributed by atoms with Crippen LogP contribution in [0.15, 0.2) is 12.8 Å². The van der Waals surface area contributed by atoms with Crippen molar-refractivity contribution in [3.05, 3.63) is 12.8 Å². The minimum absolute atomic E-state index is 0.0116. The molecular weight excluding hydrogens is 113 g/mol. The van der Waals surface area contributed by atoms with Crippen molar-refractivity contribution in [1.29, 1.82) is 0 Å². The van der Waals surface area contributed by atoms with Crippen LogP contribution in [0, 0.1) is 0 Å². The summed E-state index contributed by atoms with van der Waals surface area (Å²) in [5.41, 5.74) is 0. The Balaban J connectivity index is 3.38. The van der Waals surface area contributed by atoms with Gasteiger partial charge in [0.25, 0.3) is 0 Å². The fourth-order valence-corrected chi connectivity index (χ4v) is 0.194. The van der Waals surface area contributed by atoms with Gasteiger partial charge in [0, 0.05) is 6.20 Å². The van der Waals surface area contributed by atoms with Gasteiger partial charge in [0.1, 0.15) is 6.54 Å². The number of halogens is 1. The maximum absolute atomic E-state index is 11.7. The van der Waals surface area contributed by atoms with Gasteiger partial charge in [0.15, 0.2) is 0 Å². The molecule has 0 radical (unpaired) electrons. The van der Waals surface area contributed by atoms with Crippen molar-refractivity contribution >= 4 is 5.97 Å². The third-order valence-electron chi connectivity index (χ3n) is 0.484. The first-order valence-electron chi connectivity index (χ1n) is 1.93. The predicted molar refractivity (Wildman–Crippen MR) is 25.6 cm³/mol. The third kappa shape index (κ3) is 3.14. The van der Waals surface area contributed by atoms with Gasteiger partial charge >= 0.3 is 5.97 Å². The molecule has 3 nitrogen and oxygen atoms in total. The average molecular weight is 119 g/mol. The Bertz CT molecular complexity index is 104. The van der Waals surface area contributed by atoms with Gasteiger partial charge in [-0.25, -0.2) is 5.12 Å². The molecule has 0 fully saturated rings. The highest BCUT2D eigenvalue weighted by Crippen LogP contribution is 1.85. The third-order valence-corrected chi connectivity index (χ3v) is 0.484. The lowest BCUT2D eigenvalue weighted by atomic mass is 10.6. The molecule has 0 amide bonds. The first-order valence-corrected chi connectivity index (χ1v) is 1.93. The van der Waals surface area contributed by atoms with E-state index in [0.717, 1.165) is 6.20 Å². The fourth-order valence-electron chi connectivity index (χ4n) is 0.194. The highest BCUT2D eigenvalue weighted by molar-refractivity contribution is 5.68.